The monoisotopic (exact) mass is 274 g/mol. The molecule has 19 heavy (non-hydrogen) atoms. The SMILES string of the molecule is NC1=NCc2cc(Cc3ccc(F)cc3Cl)ccc21. The molecule has 1 aliphatic heterocycles. The molecule has 2 N–H and O–H groups in total. The number of nitrogens with two attached hydrogens (primary N) is 1. The van der Waals surface area contributed by atoms with Crippen molar-refractivity contribution < 1.29 is 4.39 Å². The van der Waals surface area contributed by atoms with E-state index in [1.54, 1.807) is 6.07 Å². The summed E-state index contributed by atoms with van der Waals surface area (Å²) >= 11 is 6.04. The zero-order valence-corrected chi connectivity index (χ0v) is 10.9. The lowest BCUT2D eigenvalue weighted by atomic mass is 10.00. The number of amidine groups is 1. The Morgan fingerprint density at radius 3 is 2.84 bits per heavy atom. The number of fused-ring (bicyclic) bond motifs is 1. The second-order valence-electron chi connectivity index (χ2n) is 4.61. The molecule has 4 heteroatoms. The fraction of sp³-hybridized carbons (Fsp3) is 0.133. The molecule has 0 amide bonds. The van der Waals surface area contributed by atoms with Gasteiger partial charge in [-0.3, -0.25) is 4.99 Å². The van der Waals surface area contributed by atoms with Gasteiger partial charge in [-0.1, -0.05) is 35.9 Å². The van der Waals surface area contributed by atoms with Gasteiger partial charge in [-0.15, -0.1) is 0 Å². The van der Waals surface area contributed by atoms with E-state index in [-0.39, 0.29) is 5.82 Å². The van der Waals surface area contributed by atoms with Crippen molar-refractivity contribution >= 4 is 17.4 Å². The number of hydrogen-bond acceptors (Lipinski definition) is 2. The summed E-state index contributed by atoms with van der Waals surface area (Å²) in [5.74, 6) is 0.283. The molecular formula is C15H12ClFN2. The summed E-state index contributed by atoms with van der Waals surface area (Å²) in [6.45, 7) is 0.631. The van der Waals surface area contributed by atoms with Crippen LogP contribution < -0.4 is 5.73 Å². The molecule has 0 atom stereocenters. The minimum atomic E-state index is -0.316. The normalized spacial score (nSPS) is 13.3. The maximum absolute atomic E-state index is 13.0. The van der Waals surface area contributed by atoms with Crippen molar-refractivity contribution in [3.05, 3.63) is 69.5 Å². The van der Waals surface area contributed by atoms with E-state index < -0.39 is 0 Å². The van der Waals surface area contributed by atoms with Crippen LogP contribution in [-0.4, -0.2) is 5.84 Å². The molecule has 2 aromatic carbocycles. The van der Waals surface area contributed by atoms with Gasteiger partial charge in [0.1, 0.15) is 11.7 Å². The van der Waals surface area contributed by atoms with Crippen molar-refractivity contribution in [3.8, 4) is 0 Å². The highest BCUT2D eigenvalue weighted by molar-refractivity contribution is 6.31. The van der Waals surface area contributed by atoms with Crippen LogP contribution in [0.25, 0.3) is 0 Å². The predicted molar refractivity (Wildman–Crippen MR) is 75.1 cm³/mol. The average molecular weight is 275 g/mol. The molecule has 0 unspecified atom stereocenters. The molecule has 0 saturated carbocycles. The molecule has 0 radical (unpaired) electrons. The summed E-state index contributed by atoms with van der Waals surface area (Å²) in [5.41, 5.74) is 9.95. The van der Waals surface area contributed by atoms with Crippen LogP contribution in [0.2, 0.25) is 5.02 Å². The highest BCUT2D eigenvalue weighted by Crippen LogP contribution is 2.23. The Hall–Kier alpha value is -1.87. The molecule has 96 valence electrons. The van der Waals surface area contributed by atoms with Crippen LogP contribution in [0.15, 0.2) is 41.4 Å². The zero-order valence-electron chi connectivity index (χ0n) is 10.2. The topological polar surface area (TPSA) is 38.4 Å². The van der Waals surface area contributed by atoms with Gasteiger partial charge in [0.2, 0.25) is 0 Å². The standard InChI is InChI=1S/C15H12ClFN2/c16-14-7-12(17)3-2-10(14)5-9-1-4-13-11(6-9)8-19-15(13)18/h1-4,6-7H,5,8H2,(H2,18,19). The van der Waals surface area contributed by atoms with Gasteiger partial charge in [-0.2, -0.15) is 0 Å². The molecule has 0 aromatic heterocycles. The fourth-order valence-corrected chi connectivity index (χ4v) is 2.51. The molecule has 0 spiro atoms. The van der Waals surface area contributed by atoms with Gasteiger partial charge >= 0.3 is 0 Å². The summed E-state index contributed by atoms with van der Waals surface area (Å²) in [6.07, 6.45) is 0.673. The van der Waals surface area contributed by atoms with E-state index in [9.17, 15) is 4.39 Å². The van der Waals surface area contributed by atoms with Gasteiger partial charge in [0.25, 0.3) is 0 Å². The summed E-state index contributed by atoms with van der Waals surface area (Å²) < 4.78 is 13.0. The third-order valence-corrected chi connectivity index (χ3v) is 3.63. The average Bonchev–Trinajstić information content (AvgIpc) is 2.74. The van der Waals surface area contributed by atoms with E-state index in [0.29, 0.717) is 23.8 Å². The summed E-state index contributed by atoms with van der Waals surface area (Å²) in [5, 5.41) is 0.455. The van der Waals surface area contributed by atoms with E-state index in [1.165, 1.54) is 12.1 Å². The Labute approximate surface area is 115 Å². The molecule has 1 aliphatic rings. The minimum Gasteiger partial charge on any atom is -0.383 e. The Bertz CT molecular complexity index is 680. The van der Waals surface area contributed by atoms with Crippen LogP contribution in [0, 0.1) is 5.82 Å². The summed E-state index contributed by atoms with van der Waals surface area (Å²) in [7, 11) is 0. The van der Waals surface area contributed by atoms with E-state index in [1.807, 2.05) is 12.1 Å². The number of nitrogens with zero attached hydrogens (tertiary/aromatic N) is 1. The first-order chi connectivity index (χ1) is 9.13. The molecule has 3 rings (SSSR count). The smallest absolute Gasteiger partial charge is 0.126 e. The van der Waals surface area contributed by atoms with E-state index >= 15 is 0 Å². The van der Waals surface area contributed by atoms with Crippen LogP contribution >= 0.6 is 11.6 Å². The Kier molecular flexibility index (Phi) is 2.99. The van der Waals surface area contributed by atoms with Gasteiger partial charge < -0.3 is 5.73 Å². The predicted octanol–water partition coefficient (Wildman–Crippen LogP) is 3.29. The number of benzene rings is 2. The van der Waals surface area contributed by atoms with E-state index in [2.05, 4.69) is 11.1 Å². The second-order valence-corrected chi connectivity index (χ2v) is 5.01. The van der Waals surface area contributed by atoms with Crippen molar-refractivity contribution in [2.45, 2.75) is 13.0 Å². The van der Waals surface area contributed by atoms with Crippen LogP contribution in [0.4, 0.5) is 4.39 Å². The molecule has 0 aliphatic carbocycles. The molecule has 2 nitrogen and oxygen atoms in total. The maximum atomic E-state index is 13.0. The van der Waals surface area contributed by atoms with Gasteiger partial charge in [-0.25, -0.2) is 4.39 Å². The molecule has 2 aromatic rings. The van der Waals surface area contributed by atoms with Crippen LogP contribution in [0.3, 0.4) is 0 Å². The molecular weight excluding hydrogens is 263 g/mol. The van der Waals surface area contributed by atoms with Gasteiger partial charge in [-0.05, 0) is 35.2 Å². The number of hydrogen-bond donors (Lipinski definition) is 1. The fourth-order valence-electron chi connectivity index (χ4n) is 2.28. The molecule has 0 saturated heterocycles. The Morgan fingerprint density at radius 1 is 1.21 bits per heavy atom. The first-order valence-electron chi connectivity index (χ1n) is 5.99. The molecule has 0 bridgehead atoms. The summed E-state index contributed by atoms with van der Waals surface area (Å²) in [4.78, 5) is 4.20. The van der Waals surface area contributed by atoms with Crippen LogP contribution in [-0.2, 0) is 13.0 Å². The number of aliphatic imine (C=N–C) groups is 1. The van der Waals surface area contributed by atoms with Gasteiger partial charge in [0, 0.05) is 10.6 Å². The van der Waals surface area contributed by atoms with Crippen molar-refractivity contribution in [2.75, 3.05) is 0 Å². The van der Waals surface area contributed by atoms with E-state index in [0.717, 1.165) is 22.3 Å². The number of rotatable bonds is 2. The third kappa shape index (κ3) is 2.34. The lowest BCUT2D eigenvalue weighted by Crippen LogP contribution is -2.10. The maximum Gasteiger partial charge on any atom is 0.126 e. The van der Waals surface area contributed by atoms with Crippen molar-refractivity contribution in [3.63, 3.8) is 0 Å². The van der Waals surface area contributed by atoms with Crippen LogP contribution in [0.5, 0.6) is 0 Å². The molecule has 1 heterocycles. The van der Waals surface area contributed by atoms with Gasteiger partial charge in [0.15, 0.2) is 0 Å². The Morgan fingerprint density at radius 2 is 2.05 bits per heavy atom. The van der Waals surface area contributed by atoms with E-state index in [4.69, 9.17) is 17.3 Å². The lowest BCUT2D eigenvalue weighted by Gasteiger charge is -2.07. The first-order valence-corrected chi connectivity index (χ1v) is 6.37. The quantitative estimate of drug-likeness (QED) is 0.897. The largest absolute Gasteiger partial charge is 0.383 e. The molecule has 0 fully saturated rings. The van der Waals surface area contributed by atoms with Crippen molar-refractivity contribution in [2.24, 2.45) is 10.7 Å². The zero-order chi connectivity index (χ0) is 13.4. The van der Waals surface area contributed by atoms with Crippen molar-refractivity contribution in [1.82, 2.24) is 0 Å². The van der Waals surface area contributed by atoms with Crippen LogP contribution in [0.1, 0.15) is 22.3 Å². The Balaban J connectivity index is 1.89. The second kappa shape index (κ2) is 4.67. The third-order valence-electron chi connectivity index (χ3n) is 3.28. The van der Waals surface area contributed by atoms with Gasteiger partial charge in [0.05, 0.1) is 6.54 Å². The lowest BCUT2D eigenvalue weighted by molar-refractivity contribution is 0.627. The minimum absolute atomic E-state index is 0.316. The number of halogens is 2. The van der Waals surface area contributed by atoms with Crippen molar-refractivity contribution in [1.29, 1.82) is 0 Å². The summed E-state index contributed by atoms with van der Waals surface area (Å²) in [6, 6.07) is 10.6. The first kappa shape index (κ1) is 12.2. The highest BCUT2D eigenvalue weighted by Gasteiger charge is 2.13. The highest BCUT2D eigenvalue weighted by atomic mass is 35.5.